The van der Waals surface area contributed by atoms with Crippen molar-refractivity contribution in [3.63, 3.8) is 0 Å². The van der Waals surface area contributed by atoms with E-state index in [0.717, 1.165) is 57.0 Å². The van der Waals surface area contributed by atoms with Crippen LogP contribution in [0.4, 0.5) is 5.69 Å². The molecule has 0 bridgehead atoms. The van der Waals surface area contributed by atoms with Crippen LogP contribution in [0.3, 0.4) is 0 Å². The predicted octanol–water partition coefficient (Wildman–Crippen LogP) is 2.37. The first-order chi connectivity index (χ1) is 10.8. The van der Waals surface area contributed by atoms with Crippen molar-refractivity contribution in [2.75, 3.05) is 39.3 Å². The molecule has 0 saturated carbocycles. The molecule has 1 fully saturated rings. The van der Waals surface area contributed by atoms with Crippen LogP contribution in [0.5, 0.6) is 0 Å². The Bertz CT molecular complexity index is 567. The first kappa shape index (κ1) is 15.0. The molecule has 1 aromatic rings. The van der Waals surface area contributed by atoms with Gasteiger partial charge in [0.2, 0.25) is 0 Å². The molecule has 0 N–H and O–H groups in total. The minimum Gasteiger partial charge on any atom is -0.390 e. The molecule has 22 heavy (non-hydrogen) atoms. The number of likely N-dealkylation sites (N-methyl/N-ethyl adjacent to an activating group) is 1. The molecule has 5 heteroatoms. The van der Waals surface area contributed by atoms with Crippen molar-refractivity contribution in [1.29, 1.82) is 0 Å². The van der Waals surface area contributed by atoms with Crippen molar-refractivity contribution >= 4 is 11.4 Å². The van der Waals surface area contributed by atoms with Crippen molar-refractivity contribution in [2.24, 2.45) is 5.16 Å². The standard InChI is InChI=1S/C17H22N4O/c1-3-20-8-10-21(11-9-20)13-16-12-17(19-22-16)14-4-6-15(18-2)7-5-14/h4-7,16H,3,8-13H2,1H3. The van der Waals surface area contributed by atoms with Gasteiger partial charge in [-0.05, 0) is 12.1 Å². The van der Waals surface area contributed by atoms with E-state index >= 15 is 0 Å². The van der Waals surface area contributed by atoms with Crippen LogP contribution >= 0.6 is 0 Å². The molecule has 3 rings (SSSR count). The number of rotatable bonds is 4. The molecular weight excluding hydrogens is 276 g/mol. The maximum Gasteiger partial charge on any atom is 0.187 e. The van der Waals surface area contributed by atoms with E-state index in [-0.39, 0.29) is 6.10 Å². The topological polar surface area (TPSA) is 32.4 Å². The summed E-state index contributed by atoms with van der Waals surface area (Å²) in [4.78, 5) is 14.0. The van der Waals surface area contributed by atoms with Crippen LogP contribution in [-0.2, 0) is 4.84 Å². The quantitative estimate of drug-likeness (QED) is 0.800. The Morgan fingerprint density at radius 1 is 1.18 bits per heavy atom. The summed E-state index contributed by atoms with van der Waals surface area (Å²) in [5.74, 6) is 0. The molecule has 1 saturated heterocycles. The molecule has 1 unspecified atom stereocenters. The molecule has 5 nitrogen and oxygen atoms in total. The molecule has 0 aliphatic carbocycles. The molecule has 2 heterocycles. The largest absolute Gasteiger partial charge is 0.390 e. The van der Waals surface area contributed by atoms with Gasteiger partial charge < -0.3 is 9.74 Å². The lowest BCUT2D eigenvalue weighted by Gasteiger charge is -2.34. The SMILES string of the molecule is [C-]#[N+]c1ccc(C2=NOC(CN3CCN(CC)CC3)C2)cc1. The number of benzene rings is 1. The average molecular weight is 298 g/mol. The average Bonchev–Trinajstić information content (AvgIpc) is 3.04. The maximum atomic E-state index is 6.99. The van der Waals surface area contributed by atoms with Crippen molar-refractivity contribution < 1.29 is 4.84 Å². The summed E-state index contributed by atoms with van der Waals surface area (Å²) in [6, 6.07) is 7.58. The smallest absolute Gasteiger partial charge is 0.187 e. The normalized spacial score (nSPS) is 22.9. The highest BCUT2D eigenvalue weighted by Gasteiger charge is 2.26. The van der Waals surface area contributed by atoms with E-state index in [2.05, 4.69) is 26.7 Å². The molecule has 2 aliphatic heterocycles. The van der Waals surface area contributed by atoms with E-state index in [9.17, 15) is 0 Å². The molecular formula is C17H22N4O. The van der Waals surface area contributed by atoms with Gasteiger partial charge in [-0.1, -0.05) is 36.3 Å². The molecule has 0 spiro atoms. The van der Waals surface area contributed by atoms with Gasteiger partial charge in [0.1, 0.15) is 6.10 Å². The van der Waals surface area contributed by atoms with Crippen LogP contribution in [0.25, 0.3) is 4.85 Å². The third-order valence-electron chi connectivity index (χ3n) is 4.44. The third-order valence-corrected chi connectivity index (χ3v) is 4.44. The summed E-state index contributed by atoms with van der Waals surface area (Å²) in [7, 11) is 0. The molecule has 1 atom stereocenters. The van der Waals surface area contributed by atoms with Crippen molar-refractivity contribution in [3.8, 4) is 0 Å². The molecule has 0 radical (unpaired) electrons. The van der Waals surface area contributed by atoms with Gasteiger partial charge in [-0.3, -0.25) is 4.90 Å². The second kappa shape index (κ2) is 6.91. The van der Waals surface area contributed by atoms with Crippen LogP contribution in [0.2, 0.25) is 0 Å². The Hall–Kier alpha value is -1.90. The molecule has 0 aromatic heterocycles. The van der Waals surface area contributed by atoms with Crippen LogP contribution in [0, 0.1) is 6.57 Å². The van der Waals surface area contributed by atoms with Crippen molar-refractivity contribution in [1.82, 2.24) is 9.80 Å². The Morgan fingerprint density at radius 3 is 2.50 bits per heavy atom. The van der Waals surface area contributed by atoms with Crippen molar-refractivity contribution in [2.45, 2.75) is 19.4 Å². The second-order valence-corrected chi connectivity index (χ2v) is 5.86. The number of oxime groups is 1. The van der Waals surface area contributed by atoms with Gasteiger partial charge >= 0.3 is 0 Å². The number of hydrogen-bond donors (Lipinski definition) is 0. The minimum absolute atomic E-state index is 0.156. The summed E-state index contributed by atoms with van der Waals surface area (Å²) in [6.45, 7) is 15.8. The van der Waals surface area contributed by atoms with Gasteiger partial charge in [-0.2, -0.15) is 0 Å². The Kier molecular flexibility index (Phi) is 4.71. The van der Waals surface area contributed by atoms with Crippen LogP contribution < -0.4 is 0 Å². The fourth-order valence-electron chi connectivity index (χ4n) is 3.00. The molecule has 2 aliphatic rings. The fraction of sp³-hybridized carbons (Fsp3) is 0.529. The van der Waals surface area contributed by atoms with E-state index in [0.29, 0.717) is 5.69 Å². The Labute approximate surface area is 132 Å². The first-order valence-corrected chi connectivity index (χ1v) is 7.93. The minimum atomic E-state index is 0.156. The van der Waals surface area contributed by atoms with Crippen molar-refractivity contribution in [3.05, 3.63) is 41.2 Å². The zero-order chi connectivity index (χ0) is 15.4. The zero-order valence-corrected chi connectivity index (χ0v) is 13.0. The predicted molar refractivity (Wildman–Crippen MR) is 87.3 cm³/mol. The summed E-state index contributed by atoms with van der Waals surface area (Å²) >= 11 is 0. The fourth-order valence-corrected chi connectivity index (χ4v) is 3.00. The summed E-state index contributed by atoms with van der Waals surface area (Å²) in [5.41, 5.74) is 2.72. The third kappa shape index (κ3) is 3.46. The lowest BCUT2D eigenvalue weighted by molar-refractivity contribution is 0.0358. The lowest BCUT2D eigenvalue weighted by atomic mass is 10.0. The van der Waals surface area contributed by atoms with E-state index < -0.39 is 0 Å². The number of piperazine rings is 1. The van der Waals surface area contributed by atoms with E-state index in [1.165, 1.54) is 0 Å². The highest BCUT2D eigenvalue weighted by molar-refractivity contribution is 6.01. The van der Waals surface area contributed by atoms with Gasteiger partial charge in [0.25, 0.3) is 0 Å². The Morgan fingerprint density at radius 2 is 1.86 bits per heavy atom. The van der Waals surface area contributed by atoms with E-state index in [1.54, 1.807) is 0 Å². The van der Waals surface area contributed by atoms with Gasteiger partial charge in [-0.15, -0.1) is 0 Å². The van der Waals surface area contributed by atoms with Gasteiger partial charge in [0.15, 0.2) is 5.69 Å². The monoisotopic (exact) mass is 298 g/mol. The van der Waals surface area contributed by atoms with E-state index in [4.69, 9.17) is 11.4 Å². The lowest BCUT2D eigenvalue weighted by Crippen LogP contribution is -2.48. The van der Waals surface area contributed by atoms with Gasteiger partial charge in [-0.25, -0.2) is 4.85 Å². The van der Waals surface area contributed by atoms with Gasteiger partial charge in [0.05, 0.1) is 12.3 Å². The summed E-state index contributed by atoms with van der Waals surface area (Å²) in [6.07, 6.45) is 1.01. The molecule has 1 aromatic carbocycles. The van der Waals surface area contributed by atoms with Gasteiger partial charge in [0, 0.05) is 39.1 Å². The zero-order valence-electron chi connectivity index (χ0n) is 13.0. The summed E-state index contributed by atoms with van der Waals surface area (Å²) < 4.78 is 0. The number of nitrogens with zero attached hydrogens (tertiary/aromatic N) is 4. The van der Waals surface area contributed by atoms with Crippen LogP contribution in [-0.4, -0.2) is 60.9 Å². The van der Waals surface area contributed by atoms with Crippen LogP contribution in [0.1, 0.15) is 18.9 Å². The second-order valence-electron chi connectivity index (χ2n) is 5.86. The van der Waals surface area contributed by atoms with E-state index in [1.807, 2.05) is 24.3 Å². The van der Waals surface area contributed by atoms with Crippen LogP contribution in [0.15, 0.2) is 29.4 Å². The number of hydrogen-bond acceptors (Lipinski definition) is 4. The maximum absolute atomic E-state index is 6.99. The molecule has 116 valence electrons. The highest BCUT2D eigenvalue weighted by Crippen LogP contribution is 2.20. The molecule has 0 amide bonds. The first-order valence-electron chi connectivity index (χ1n) is 7.93. The Balaban J connectivity index is 1.50. The highest BCUT2D eigenvalue weighted by atomic mass is 16.6. The summed E-state index contributed by atoms with van der Waals surface area (Å²) in [5, 5.41) is 4.24.